The lowest BCUT2D eigenvalue weighted by Gasteiger charge is -2.11. The van der Waals surface area contributed by atoms with Crippen molar-refractivity contribution in [2.24, 2.45) is 0 Å². The highest BCUT2D eigenvalue weighted by Gasteiger charge is 2.05. The van der Waals surface area contributed by atoms with Gasteiger partial charge < -0.3 is 10.6 Å². The fourth-order valence-electron chi connectivity index (χ4n) is 2.52. The molecule has 0 saturated carbocycles. The molecule has 1 heterocycles. The number of nitrogens with one attached hydrogen (secondary N) is 2. The van der Waals surface area contributed by atoms with E-state index in [0.29, 0.717) is 29.6 Å². The number of aryl methyl sites for hydroxylation is 3. The average molecular weight is 336 g/mol. The Labute approximate surface area is 147 Å². The number of hydrogen-bond acceptors (Lipinski definition) is 4. The molecule has 3 aromatic rings. The van der Waals surface area contributed by atoms with Gasteiger partial charge in [0.15, 0.2) is 0 Å². The standard InChI is InChI=1S/C20H21FN4/c1-13-8-9-17(10-14(13)2)25-20-11-19(23-15(3)24-20)22-12-16-6-4-5-7-18(16)21/h4-11H,12H2,1-3H3,(H2,22,23,24,25). The van der Waals surface area contributed by atoms with Crippen molar-refractivity contribution in [2.45, 2.75) is 27.3 Å². The van der Waals surface area contributed by atoms with Gasteiger partial charge in [-0.05, 0) is 50.1 Å². The van der Waals surface area contributed by atoms with Crippen LogP contribution in [0.2, 0.25) is 0 Å². The van der Waals surface area contributed by atoms with Crippen LogP contribution in [0.5, 0.6) is 0 Å². The molecule has 0 aliphatic carbocycles. The first-order valence-electron chi connectivity index (χ1n) is 8.18. The summed E-state index contributed by atoms with van der Waals surface area (Å²) in [7, 11) is 0. The quantitative estimate of drug-likeness (QED) is 0.696. The predicted molar refractivity (Wildman–Crippen MR) is 99.7 cm³/mol. The van der Waals surface area contributed by atoms with E-state index in [1.165, 1.54) is 17.2 Å². The lowest BCUT2D eigenvalue weighted by molar-refractivity contribution is 0.613. The van der Waals surface area contributed by atoms with Gasteiger partial charge >= 0.3 is 0 Å². The van der Waals surface area contributed by atoms with Gasteiger partial charge in [-0.2, -0.15) is 0 Å². The lowest BCUT2D eigenvalue weighted by atomic mass is 10.1. The minimum Gasteiger partial charge on any atom is -0.366 e. The number of rotatable bonds is 5. The fraction of sp³-hybridized carbons (Fsp3) is 0.200. The van der Waals surface area contributed by atoms with Gasteiger partial charge in [0.1, 0.15) is 23.3 Å². The molecule has 0 atom stereocenters. The van der Waals surface area contributed by atoms with Crippen molar-refractivity contribution in [3.05, 3.63) is 76.9 Å². The summed E-state index contributed by atoms with van der Waals surface area (Å²) < 4.78 is 13.7. The van der Waals surface area contributed by atoms with E-state index < -0.39 is 0 Å². The molecule has 0 aliphatic heterocycles. The number of anilines is 3. The van der Waals surface area contributed by atoms with Gasteiger partial charge in [-0.25, -0.2) is 14.4 Å². The molecule has 0 aliphatic rings. The van der Waals surface area contributed by atoms with Gasteiger partial charge in [-0.3, -0.25) is 0 Å². The minimum atomic E-state index is -0.228. The molecule has 25 heavy (non-hydrogen) atoms. The van der Waals surface area contributed by atoms with Gasteiger partial charge in [0, 0.05) is 23.9 Å². The monoisotopic (exact) mass is 336 g/mol. The zero-order valence-corrected chi connectivity index (χ0v) is 14.6. The number of nitrogens with zero attached hydrogens (tertiary/aromatic N) is 2. The highest BCUT2D eigenvalue weighted by atomic mass is 19.1. The second-order valence-corrected chi connectivity index (χ2v) is 6.05. The topological polar surface area (TPSA) is 49.8 Å². The molecule has 5 heteroatoms. The van der Waals surface area contributed by atoms with Gasteiger partial charge in [-0.15, -0.1) is 0 Å². The maximum Gasteiger partial charge on any atom is 0.136 e. The minimum absolute atomic E-state index is 0.228. The van der Waals surface area contributed by atoms with Crippen LogP contribution in [0.25, 0.3) is 0 Å². The number of halogens is 1. The average Bonchev–Trinajstić information content (AvgIpc) is 2.57. The molecule has 3 rings (SSSR count). The molecule has 0 amide bonds. The number of hydrogen-bond donors (Lipinski definition) is 2. The van der Waals surface area contributed by atoms with Crippen molar-refractivity contribution in [3.63, 3.8) is 0 Å². The summed E-state index contributed by atoms with van der Waals surface area (Å²) in [6, 6.07) is 14.7. The van der Waals surface area contributed by atoms with Crippen LogP contribution >= 0.6 is 0 Å². The molecule has 0 radical (unpaired) electrons. The van der Waals surface area contributed by atoms with E-state index in [9.17, 15) is 4.39 Å². The largest absolute Gasteiger partial charge is 0.366 e. The third-order valence-electron chi connectivity index (χ3n) is 4.04. The molecule has 2 aromatic carbocycles. The molecule has 4 nitrogen and oxygen atoms in total. The summed E-state index contributed by atoms with van der Waals surface area (Å²) in [6.45, 7) is 6.36. The second kappa shape index (κ2) is 7.30. The van der Waals surface area contributed by atoms with Crippen LogP contribution in [0.3, 0.4) is 0 Å². The van der Waals surface area contributed by atoms with Gasteiger partial charge in [0.05, 0.1) is 0 Å². The molecular formula is C20H21FN4. The smallest absolute Gasteiger partial charge is 0.136 e. The van der Waals surface area contributed by atoms with Crippen molar-refractivity contribution < 1.29 is 4.39 Å². The van der Waals surface area contributed by atoms with Crippen LogP contribution in [-0.4, -0.2) is 9.97 Å². The van der Waals surface area contributed by atoms with Crippen LogP contribution in [0.15, 0.2) is 48.5 Å². The molecule has 128 valence electrons. The molecule has 1 aromatic heterocycles. The number of aromatic nitrogens is 2. The Bertz CT molecular complexity index is 893. The van der Waals surface area contributed by atoms with E-state index in [1.54, 1.807) is 12.1 Å². The van der Waals surface area contributed by atoms with Crippen LogP contribution in [0, 0.1) is 26.6 Å². The van der Waals surface area contributed by atoms with E-state index in [2.05, 4.69) is 46.6 Å². The third-order valence-corrected chi connectivity index (χ3v) is 4.04. The third kappa shape index (κ3) is 4.32. The Balaban J connectivity index is 1.76. The molecular weight excluding hydrogens is 315 g/mol. The van der Waals surface area contributed by atoms with Crippen LogP contribution < -0.4 is 10.6 Å². The normalized spacial score (nSPS) is 10.6. The summed E-state index contributed by atoms with van der Waals surface area (Å²) in [5.74, 6) is 1.77. The zero-order valence-electron chi connectivity index (χ0n) is 14.6. The summed E-state index contributed by atoms with van der Waals surface area (Å²) >= 11 is 0. The number of benzene rings is 2. The Kier molecular flexibility index (Phi) is 4.93. The predicted octanol–water partition coefficient (Wildman–Crippen LogP) is 4.90. The first-order chi connectivity index (χ1) is 12.0. The Hall–Kier alpha value is -2.95. The molecule has 0 fully saturated rings. The summed E-state index contributed by atoms with van der Waals surface area (Å²) in [6.07, 6.45) is 0. The first-order valence-corrected chi connectivity index (χ1v) is 8.18. The van der Waals surface area contributed by atoms with Crippen molar-refractivity contribution >= 4 is 17.3 Å². The maximum atomic E-state index is 13.7. The van der Waals surface area contributed by atoms with Crippen molar-refractivity contribution in [1.29, 1.82) is 0 Å². The van der Waals surface area contributed by atoms with E-state index in [-0.39, 0.29) is 5.82 Å². The van der Waals surface area contributed by atoms with Gasteiger partial charge in [-0.1, -0.05) is 24.3 Å². The zero-order chi connectivity index (χ0) is 17.8. The SMILES string of the molecule is Cc1nc(NCc2ccccc2F)cc(Nc2ccc(C)c(C)c2)n1. The fourth-order valence-corrected chi connectivity index (χ4v) is 2.52. The maximum absolute atomic E-state index is 13.7. The van der Waals surface area contributed by atoms with Crippen LogP contribution in [0.4, 0.5) is 21.7 Å². The van der Waals surface area contributed by atoms with Crippen molar-refractivity contribution in [1.82, 2.24) is 9.97 Å². The molecule has 0 unspecified atom stereocenters. The summed E-state index contributed by atoms with van der Waals surface area (Å²) in [5.41, 5.74) is 4.04. The van der Waals surface area contributed by atoms with Crippen molar-refractivity contribution in [2.75, 3.05) is 10.6 Å². The van der Waals surface area contributed by atoms with Crippen molar-refractivity contribution in [3.8, 4) is 0 Å². The van der Waals surface area contributed by atoms with E-state index >= 15 is 0 Å². The molecule has 0 bridgehead atoms. The Morgan fingerprint density at radius 1 is 0.880 bits per heavy atom. The molecule has 2 N–H and O–H groups in total. The van der Waals surface area contributed by atoms with Gasteiger partial charge in [0.2, 0.25) is 0 Å². The summed E-state index contributed by atoms with van der Waals surface area (Å²) in [4.78, 5) is 8.78. The first kappa shape index (κ1) is 16.9. The molecule has 0 spiro atoms. The van der Waals surface area contributed by atoms with E-state index in [0.717, 1.165) is 5.69 Å². The summed E-state index contributed by atoms with van der Waals surface area (Å²) in [5, 5.41) is 6.46. The van der Waals surface area contributed by atoms with E-state index in [1.807, 2.05) is 25.1 Å². The Morgan fingerprint density at radius 2 is 1.64 bits per heavy atom. The highest BCUT2D eigenvalue weighted by Crippen LogP contribution is 2.20. The van der Waals surface area contributed by atoms with Crippen LogP contribution in [0.1, 0.15) is 22.5 Å². The van der Waals surface area contributed by atoms with Crippen LogP contribution in [-0.2, 0) is 6.54 Å². The van der Waals surface area contributed by atoms with Gasteiger partial charge in [0.25, 0.3) is 0 Å². The van der Waals surface area contributed by atoms with E-state index in [4.69, 9.17) is 0 Å². The lowest BCUT2D eigenvalue weighted by Crippen LogP contribution is -2.06. The molecule has 0 saturated heterocycles. The Morgan fingerprint density at radius 3 is 2.40 bits per heavy atom. The highest BCUT2D eigenvalue weighted by molar-refractivity contribution is 5.60. The second-order valence-electron chi connectivity index (χ2n) is 6.05.